The van der Waals surface area contributed by atoms with Crippen molar-refractivity contribution in [1.82, 2.24) is 10.2 Å². The lowest BCUT2D eigenvalue weighted by Crippen LogP contribution is -2.22. The van der Waals surface area contributed by atoms with Crippen molar-refractivity contribution in [1.29, 1.82) is 0 Å². The molecule has 4 heteroatoms. The van der Waals surface area contributed by atoms with Crippen LogP contribution in [0.4, 0.5) is 0 Å². The summed E-state index contributed by atoms with van der Waals surface area (Å²) >= 11 is 0. The minimum Gasteiger partial charge on any atom is -0.463 e. The van der Waals surface area contributed by atoms with Crippen LogP contribution in [-0.4, -0.2) is 38.3 Å². The molecule has 0 aliphatic carbocycles. The minimum absolute atomic E-state index is 0.392. The first kappa shape index (κ1) is 12.6. The molecule has 1 aromatic rings. The summed E-state index contributed by atoms with van der Waals surface area (Å²) in [7, 11) is 3.72. The van der Waals surface area contributed by atoms with E-state index in [1.165, 1.54) is 5.56 Å². The van der Waals surface area contributed by atoms with Crippen LogP contribution in [0.1, 0.15) is 23.5 Å². The van der Waals surface area contributed by atoms with E-state index in [-0.39, 0.29) is 0 Å². The van der Waals surface area contributed by atoms with E-state index in [0.717, 1.165) is 44.1 Å². The van der Waals surface area contributed by atoms with E-state index < -0.39 is 0 Å². The Morgan fingerprint density at radius 1 is 1.59 bits per heavy atom. The predicted octanol–water partition coefficient (Wildman–Crippen LogP) is 1.53. The van der Waals surface area contributed by atoms with Gasteiger partial charge < -0.3 is 14.5 Å². The van der Waals surface area contributed by atoms with E-state index in [4.69, 9.17) is 9.15 Å². The molecule has 2 rings (SSSR count). The third-order valence-electron chi connectivity index (χ3n) is 3.35. The van der Waals surface area contributed by atoms with Gasteiger partial charge in [-0.15, -0.1) is 0 Å². The Labute approximate surface area is 103 Å². The molecule has 96 valence electrons. The Bertz CT molecular complexity index is 362. The third-order valence-corrected chi connectivity index (χ3v) is 3.35. The van der Waals surface area contributed by atoms with Gasteiger partial charge in [-0.3, -0.25) is 4.90 Å². The summed E-state index contributed by atoms with van der Waals surface area (Å²) in [5.41, 5.74) is 1.23. The van der Waals surface area contributed by atoms with E-state index >= 15 is 0 Å². The molecule has 0 aromatic carbocycles. The molecular weight excluding hydrogens is 216 g/mol. The summed E-state index contributed by atoms with van der Waals surface area (Å²) in [6, 6.07) is 2.15. The maximum absolute atomic E-state index is 5.84. The van der Waals surface area contributed by atoms with Gasteiger partial charge in [0.1, 0.15) is 11.5 Å². The van der Waals surface area contributed by atoms with Crippen LogP contribution in [0, 0.1) is 6.92 Å². The number of methoxy groups -OCH3 is 1. The average molecular weight is 238 g/mol. The van der Waals surface area contributed by atoms with Crippen molar-refractivity contribution < 1.29 is 9.15 Å². The van der Waals surface area contributed by atoms with Crippen molar-refractivity contribution in [2.45, 2.75) is 32.5 Å². The van der Waals surface area contributed by atoms with Gasteiger partial charge >= 0.3 is 0 Å². The van der Waals surface area contributed by atoms with Gasteiger partial charge in [0.15, 0.2) is 0 Å². The molecular formula is C13H22N2O2. The summed E-state index contributed by atoms with van der Waals surface area (Å²) < 4.78 is 11.2. The average Bonchev–Trinajstić information content (AvgIpc) is 2.88. The fraction of sp³-hybridized carbons (Fsp3) is 0.692. The standard InChI is InChI=1S/C13H22N2O2/c1-10-6-12(17-13(10)7-14-2)9-15-5-4-11(8-15)16-3/h6,11,14H,4-5,7-9H2,1-3H3. The van der Waals surface area contributed by atoms with E-state index in [1.807, 2.05) is 7.05 Å². The Morgan fingerprint density at radius 3 is 3.06 bits per heavy atom. The van der Waals surface area contributed by atoms with Crippen LogP contribution in [0.2, 0.25) is 0 Å². The molecule has 0 saturated carbocycles. The van der Waals surface area contributed by atoms with Crippen LogP contribution in [-0.2, 0) is 17.8 Å². The van der Waals surface area contributed by atoms with Crippen LogP contribution in [0.3, 0.4) is 0 Å². The highest BCUT2D eigenvalue weighted by Crippen LogP contribution is 2.19. The van der Waals surface area contributed by atoms with E-state index in [0.29, 0.717) is 6.10 Å². The van der Waals surface area contributed by atoms with Crippen LogP contribution in [0.25, 0.3) is 0 Å². The lowest BCUT2D eigenvalue weighted by Gasteiger charge is -2.13. The lowest BCUT2D eigenvalue weighted by molar-refractivity contribution is 0.106. The molecule has 0 spiro atoms. The number of hydrogen-bond acceptors (Lipinski definition) is 4. The first-order valence-corrected chi connectivity index (χ1v) is 6.21. The van der Waals surface area contributed by atoms with E-state index in [1.54, 1.807) is 7.11 Å². The normalized spacial score (nSPS) is 21.2. The van der Waals surface area contributed by atoms with Crippen molar-refractivity contribution in [3.63, 3.8) is 0 Å². The van der Waals surface area contributed by atoms with Crippen molar-refractivity contribution in [2.24, 2.45) is 0 Å². The van der Waals surface area contributed by atoms with Crippen LogP contribution in [0.5, 0.6) is 0 Å². The van der Waals surface area contributed by atoms with Crippen LogP contribution in [0.15, 0.2) is 10.5 Å². The first-order chi connectivity index (χ1) is 8.22. The summed E-state index contributed by atoms with van der Waals surface area (Å²) in [6.45, 7) is 5.90. The molecule has 1 aliphatic heterocycles. The van der Waals surface area contributed by atoms with Gasteiger partial charge in [-0.05, 0) is 32.0 Å². The number of aryl methyl sites for hydroxylation is 1. The van der Waals surface area contributed by atoms with Crippen LogP contribution < -0.4 is 5.32 Å². The van der Waals surface area contributed by atoms with Crippen molar-refractivity contribution in [2.75, 3.05) is 27.2 Å². The van der Waals surface area contributed by atoms with Gasteiger partial charge in [-0.25, -0.2) is 0 Å². The largest absolute Gasteiger partial charge is 0.463 e. The second-order valence-corrected chi connectivity index (χ2v) is 4.73. The van der Waals surface area contributed by atoms with E-state index in [9.17, 15) is 0 Å². The summed E-state index contributed by atoms with van der Waals surface area (Å²) in [5, 5.41) is 3.12. The molecule has 1 atom stereocenters. The topological polar surface area (TPSA) is 37.6 Å². The molecule has 1 fully saturated rings. The summed E-state index contributed by atoms with van der Waals surface area (Å²) in [6.07, 6.45) is 1.52. The molecule has 4 nitrogen and oxygen atoms in total. The van der Waals surface area contributed by atoms with Gasteiger partial charge in [0.25, 0.3) is 0 Å². The van der Waals surface area contributed by atoms with Gasteiger partial charge in [0, 0.05) is 20.2 Å². The number of rotatable bonds is 5. The molecule has 1 saturated heterocycles. The number of furan rings is 1. The quantitative estimate of drug-likeness (QED) is 0.844. The number of nitrogens with zero attached hydrogens (tertiary/aromatic N) is 1. The third kappa shape index (κ3) is 3.09. The highest BCUT2D eigenvalue weighted by atomic mass is 16.5. The highest BCUT2D eigenvalue weighted by molar-refractivity contribution is 5.20. The zero-order valence-electron chi connectivity index (χ0n) is 11.0. The molecule has 0 amide bonds. The van der Waals surface area contributed by atoms with Gasteiger partial charge in [0.2, 0.25) is 0 Å². The molecule has 1 unspecified atom stereocenters. The maximum atomic E-state index is 5.84. The molecule has 1 N–H and O–H groups in total. The number of likely N-dealkylation sites (tertiary alicyclic amines) is 1. The van der Waals surface area contributed by atoms with E-state index in [2.05, 4.69) is 23.2 Å². The molecule has 1 aliphatic rings. The van der Waals surface area contributed by atoms with Crippen molar-refractivity contribution >= 4 is 0 Å². The summed E-state index contributed by atoms with van der Waals surface area (Å²) in [5.74, 6) is 2.11. The van der Waals surface area contributed by atoms with Crippen LogP contribution >= 0.6 is 0 Å². The Morgan fingerprint density at radius 2 is 2.41 bits per heavy atom. The van der Waals surface area contributed by atoms with Gasteiger partial charge in [0.05, 0.1) is 19.2 Å². The minimum atomic E-state index is 0.392. The second-order valence-electron chi connectivity index (χ2n) is 4.73. The smallest absolute Gasteiger partial charge is 0.120 e. The summed E-state index contributed by atoms with van der Waals surface area (Å²) in [4.78, 5) is 2.38. The maximum Gasteiger partial charge on any atom is 0.120 e. The highest BCUT2D eigenvalue weighted by Gasteiger charge is 2.23. The first-order valence-electron chi connectivity index (χ1n) is 6.21. The predicted molar refractivity (Wildman–Crippen MR) is 66.9 cm³/mol. The molecule has 2 heterocycles. The monoisotopic (exact) mass is 238 g/mol. The van der Waals surface area contributed by atoms with Gasteiger partial charge in [-0.1, -0.05) is 0 Å². The lowest BCUT2D eigenvalue weighted by atomic mass is 10.2. The zero-order chi connectivity index (χ0) is 12.3. The fourth-order valence-corrected chi connectivity index (χ4v) is 2.36. The van der Waals surface area contributed by atoms with Crippen molar-refractivity contribution in [3.05, 3.63) is 23.2 Å². The molecule has 0 bridgehead atoms. The zero-order valence-corrected chi connectivity index (χ0v) is 11.0. The number of hydrogen-bond donors (Lipinski definition) is 1. The number of nitrogens with one attached hydrogen (secondary N) is 1. The Kier molecular flexibility index (Phi) is 4.20. The molecule has 17 heavy (non-hydrogen) atoms. The SMILES string of the molecule is CNCc1oc(CN2CCC(OC)C2)cc1C. The molecule has 0 radical (unpaired) electrons. The Balaban J connectivity index is 1.93. The fourth-order valence-electron chi connectivity index (χ4n) is 2.36. The Hall–Kier alpha value is -0.840. The van der Waals surface area contributed by atoms with Gasteiger partial charge in [-0.2, -0.15) is 0 Å². The number of ether oxygens (including phenoxy) is 1. The molecule has 1 aromatic heterocycles. The van der Waals surface area contributed by atoms with Crippen molar-refractivity contribution in [3.8, 4) is 0 Å². The second kappa shape index (κ2) is 5.67.